The maximum atomic E-state index is 9.81. The quantitative estimate of drug-likeness (QED) is 0.445. The highest BCUT2D eigenvalue weighted by Gasteiger charge is 2.10. The molecule has 0 aromatic rings. The van der Waals surface area contributed by atoms with E-state index in [0.29, 0.717) is 0 Å². The summed E-state index contributed by atoms with van der Waals surface area (Å²) in [5.41, 5.74) is 0. The lowest BCUT2D eigenvalue weighted by Gasteiger charge is -1.98. The van der Waals surface area contributed by atoms with Crippen LogP contribution < -0.4 is 5.32 Å². The Balaban J connectivity index is 0.000000243. The van der Waals surface area contributed by atoms with Gasteiger partial charge in [-0.2, -0.15) is 0 Å². The highest BCUT2D eigenvalue weighted by atomic mass is 31.2. The van der Waals surface area contributed by atoms with Crippen LogP contribution in [0.4, 0.5) is 0 Å². The number of aliphatic imine (C=N–C) groups is 1. The number of phosphoric ester groups is 1. The summed E-state index contributed by atoms with van der Waals surface area (Å²) in [5.74, 6) is 0. The molecule has 76 valence electrons. The van der Waals surface area contributed by atoms with Crippen LogP contribution in [0.1, 0.15) is 0 Å². The standard InChI is InChI=1S/C3H6N2.C3H7O4P/c1-2-5-3-4-1;1-2-3-7-8(4,5)6/h3H,1-2H2,(H,4,5);2H,1,3H2,(H2,4,5,6). The van der Waals surface area contributed by atoms with Crippen LogP contribution in [0.15, 0.2) is 17.6 Å². The molecule has 0 amide bonds. The SMILES string of the molecule is C1=NCCN1.C=CCOP(=O)(O)O. The number of nitrogens with zero attached hydrogens (tertiary/aromatic N) is 1. The van der Waals surface area contributed by atoms with Crippen LogP contribution in [0.25, 0.3) is 0 Å². The zero-order valence-electron chi connectivity index (χ0n) is 7.09. The van der Waals surface area contributed by atoms with E-state index in [1.54, 1.807) is 6.34 Å². The molecule has 1 rings (SSSR count). The van der Waals surface area contributed by atoms with Gasteiger partial charge in [0.15, 0.2) is 0 Å². The topological polar surface area (TPSA) is 91.2 Å². The summed E-state index contributed by atoms with van der Waals surface area (Å²) in [7, 11) is -4.25. The van der Waals surface area contributed by atoms with Crippen molar-refractivity contribution in [1.29, 1.82) is 0 Å². The van der Waals surface area contributed by atoms with Crippen molar-refractivity contribution in [3.8, 4) is 0 Å². The molecule has 1 aliphatic rings. The van der Waals surface area contributed by atoms with Crippen LogP contribution in [-0.2, 0) is 9.09 Å². The second-order valence-corrected chi connectivity index (χ2v) is 3.30. The molecule has 6 nitrogen and oxygen atoms in total. The summed E-state index contributed by atoms with van der Waals surface area (Å²) in [6.07, 6.45) is 3.00. The van der Waals surface area contributed by atoms with Gasteiger partial charge in [-0.15, -0.1) is 6.58 Å². The van der Waals surface area contributed by atoms with Crippen molar-refractivity contribution < 1.29 is 18.9 Å². The minimum atomic E-state index is -4.25. The first-order chi connectivity index (χ1) is 6.06. The van der Waals surface area contributed by atoms with Crippen LogP contribution in [0.5, 0.6) is 0 Å². The third-order valence-corrected chi connectivity index (χ3v) is 1.41. The molecular weight excluding hydrogens is 195 g/mol. The molecule has 0 bridgehead atoms. The fraction of sp³-hybridized carbons (Fsp3) is 0.500. The van der Waals surface area contributed by atoms with E-state index in [-0.39, 0.29) is 6.61 Å². The first-order valence-corrected chi connectivity index (χ1v) is 5.12. The van der Waals surface area contributed by atoms with Gasteiger partial charge in [0.2, 0.25) is 0 Å². The van der Waals surface area contributed by atoms with Crippen molar-refractivity contribution in [2.45, 2.75) is 0 Å². The molecule has 0 unspecified atom stereocenters. The Hall–Kier alpha value is -0.680. The van der Waals surface area contributed by atoms with Gasteiger partial charge in [-0.1, -0.05) is 6.08 Å². The third-order valence-electron chi connectivity index (χ3n) is 0.928. The lowest BCUT2D eigenvalue weighted by atomic mass is 10.7. The highest BCUT2D eigenvalue weighted by Crippen LogP contribution is 2.35. The van der Waals surface area contributed by atoms with E-state index in [2.05, 4.69) is 21.4 Å². The Morgan fingerprint density at radius 1 is 1.77 bits per heavy atom. The molecule has 1 heterocycles. The molecule has 0 aromatic heterocycles. The zero-order valence-corrected chi connectivity index (χ0v) is 7.98. The van der Waals surface area contributed by atoms with Crippen LogP contribution in [-0.4, -0.2) is 35.8 Å². The Bertz CT molecular complexity index is 207. The molecule has 0 aliphatic carbocycles. The highest BCUT2D eigenvalue weighted by molar-refractivity contribution is 7.46. The lowest BCUT2D eigenvalue weighted by molar-refractivity contribution is 0.216. The largest absolute Gasteiger partial charge is 0.469 e. The summed E-state index contributed by atoms with van der Waals surface area (Å²) < 4.78 is 13.7. The molecule has 0 radical (unpaired) electrons. The van der Waals surface area contributed by atoms with Crippen LogP contribution in [0.2, 0.25) is 0 Å². The molecule has 0 fully saturated rings. The van der Waals surface area contributed by atoms with E-state index in [4.69, 9.17) is 9.79 Å². The van der Waals surface area contributed by atoms with Crippen molar-refractivity contribution >= 4 is 14.2 Å². The van der Waals surface area contributed by atoms with Gasteiger partial charge >= 0.3 is 7.82 Å². The van der Waals surface area contributed by atoms with E-state index in [0.717, 1.165) is 13.1 Å². The Kier molecular flexibility index (Phi) is 6.44. The molecule has 0 aromatic carbocycles. The fourth-order valence-electron chi connectivity index (χ4n) is 0.473. The number of nitrogens with one attached hydrogen (secondary N) is 1. The average molecular weight is 208 g/mol. The van der Waals surface area contributed by atoms with Crippen molar-refractivity contribution in [3.05, 3.63) is 12.7 Å². The Labute approximate surface area is 76.6 Å². The van der Waals surface area contributed by atoms with E-state index in [1.807, 2.05) is 0 Å². The molecule has 0 saturated carbocycles. The van der Waals surface area contributed by atoms with Gasteiger partial charge in [0, 0.05) is 6.54 Å². The molecule has 0 saturated heterocycles. The predicted molar refractivity (Wildman–Crippen MR) is 49.6 cm³/mol. The molecule has 13 heavy (non-hydrogen) atoms. The summed E-state index contributed by atoms with van der Waals surface area (Å²) in [6, 6.07) is 0. The maximum absolute atomic E-state index is 9.81. The van der Waals surface area contributed by atoms with Crippen LogP contribution >= 0.6 is 7.82 Å². The van der Waals surface area contributed by atoms with Crippen LogP contribution in [0.3, 0.4) is 0 Å². The van der Waals surface area contributed by atoms with E-state index < -0.39 is 7.82 Å². The Morgan fingerprint density at radius 2 is 2.46 bits per heavy atom. The van der Waals surface area contributed by atoms with Crippen molar-refractivity contribution in [2.75, 3.05) is 19.7 Å². The van der Waals surface area contributed by atoms with Gasteiger partial charge in [-0.05, 0) is 0 Å². The number of phosphoric acid groups is 1. The summed E-state index contributed by atoms with van der Waals surface area (Å²) in [6.45, 7) is 5.06. The number of hydrogen-bond donors (Lipinski definition) is 3. The molecular formula is C6H13N2O4P. The minimum absolute atomic E-state index is 0.121. The van der Waals surface area contributed by atoms with Crippen molar-refractivity contribution in [2.24, 2.45) is 4.99 Å². The van der Waals surface area contributed by atoms with Gasteiger partial charge in [0.05, 0.1) is 19.5 Å². The lowest BCUT2D eigenvalue weighted by Crippen LogP contribution is -2.04. The van der Waals surface area contributed by atoms with Gasteiger partial charge in [0.1, 0.15) is 0 Å². The summed E-state index contributed by atoms with van der Waals surface area (Å²) >= 11 is 0. The Morgan fingerprint density at radius 3 is 2.62 bits per heavy atom. The zero-order chi connectivity index (χ0) is 10.2. The monoisotopic (exact) mass is 208 g/mol. The fourth-order valence-corrected chi connectivity index (χ4v) is 0.772. The third kappa shape index (κ3) is 11.3. The van der Waals surface area contributed by atoms with Gasteiger partial charge in [-0.25, -0.2) is 4.57 Å². The molecule has 3 N–H and O–H groups in total. The second-order valence-electron chi connectivity index (χ2n) is 2.06. The first kappa shape index (κ1) is 12.3. The van der Waals surface area contributed by atoms with Gasteiger partial charge in [-0.3, -0.25) is 9.52 Å². The van der Waals surface area contributed by atoms with E-state index >= 15 is 0 Å². The van der Waals surface area contributed by atoms with E-state index in [1.165, 1.54) is 6.08 Å². The molecule has 7 heteroatoms. The van der Waals surface area contributed by atoms with Crippen LogP contribution in [0, 0.1) is 0 Å². The number of hydrogen-bond acceptors (Lipinski definition) is 4. The van der Waals surface area contributed by atoms with Gasteiger partial charge < -0.3 is 15.1 Å². The summed E-state index contributed by atoms with van der Waals surface area (Å²) in [5, 5.41) is 2.93. The summed E-state index contributed by atoms with van der Waals surface area (Å²) in [4.78, 5) is 19.8. The van der Waals surface area contributed by atoms with E-state index in [9.17, 15) is 4.57 Å². The molecule has 0 atom stereocenters. The maximum Gasteiger partial charge on any atom is 0.469 e. The predicted octanol–water partition coefficient (Wildman–Crippen LogP) is -0.100. The normalized spacial score (nSPS) is 14.3. The average Bonchev–Trinajstić information content (AvgIpc) is 2.56. The first-order valence-electron chi connectivity index (χ1n) is 3.59. The minimum Gasteiger partial charge on any atom is -0.375 e. The smallest absolute Gasteiger partial charge is 0.375 e. The van der Waals surface area contributed by atoms with Gasteiger partial charge in [0.25, 0.3) is 0 Å². The van der Waals surface area contributed by atoms with Crippen molar-refractivity contribution in [3.63, 3.8) is 0 Å². The number of rotatable bonds is 3. The second kappa shape index (κ2) is 6.80. The van der Waals surface area contributed by atoms with Crippen molar-refractivity contribution in [1.82, 2.24) is 5.32 Å². The molecule has 1 aliphatic heterocycles. The molecule has 0 spiro atoms.